The normalized spacial score (nSPS) is 12.2. The third kappa shape index (κ3) is 5.88. The fourth-order valence-electron chi connectivity index (χ4n) is 1.43. The van der Waals surface area contributed by atoms with Gasteiger partial charge in [-0.15, -0.1) is 0 Å². The Bertz CT molecular complexity index is 436. The Hall–Kier alpha value is -1.14. The number of hydrogen-bond acceptors (Lipinski definition) is 5. The highest BCUT2D eigenvalue weighted by molar-refractivity contribution is 6.32. The SMILES string of the molecule is COCCOCC(O)COc1ccc(C(C)=O)cc1Cl. The number of methoxy groups -OCH3 is 1. The maximum absolute atomic E-state index is 11.2. The summed E-state index contributed by atoms with van der Waals surface area (Å²) in [6, 6.07) is 4.78. The Morgan fingerprint density at radius 1 is 1.35 bits per heavy atom. The van der Waals surface area contributed by atoms with Crippen molar-refractivity contribution in [1.82, 2.24) is 0 Å². The molecule has 1 aromatic rings. The molecule has 0 spiro atoms. The van der Waals surface area contributed by atoms with Gasteiger partial charge in [-0.2, -0.15) is 0 Å². The number of ketones is 1. The first kappa shape index (κ1) is 16.9. The minimum atomic E-state index is -0.754. The Morgan fingerprint density at radius 3 is 2.70 bits per heavy atom. The van der Waals surface area contributed by atoms with Crippen molar-refractivity contribution in [1.29, 1.82) is 0 Å². The average molecular weight is 303 g/mol. The van der Waals surface area contributed by atoms with Crippen LogP contribution in [0.4, 0.5) is 0 Å². The first-order valence-electron chi connectivity index (χ1n) is 6.22. The number of aliphatic hydroxyl groups is 1. The molecule has 0 amide bonds. The molecule has 0 aliphatic rings. The third-order valence-electron chi connectivity index (χ3n) is 2.51. The molecule has 5 nitrogen and oxygen atoms in total. The second-order valence-corrected chi connectivity index (χ2v) is 4.64. The van der Waals surface area contributed by atoms with Crippen molar-refractivity contribution < 1.29 is 24.1 Å². The molecule has 1 N–H and O–H groups in total. The monoisotopic (exact) mass is 302 g/mol. The van der Waals surface area contributed by atoms with E-state index in [9.17, 15) is 9.90 Å². The number of benzene rings is 1. The summed E-state index contributed by atoms with van der Waals surface area (Å²) in [7, 11) is 1.58. The van der Waals surface area contributed by atoms with E-state index in [1.807, 2.05) is 0 Å². The summed E-state index contributed by atoms with van der Waals surface area (Å²) >= 11 is 6.00. The van der Waals surface area contributed by atoms with Crippen molar-refractivity contribution in [2.45, 2.75) is 13.0 Å². The Kier molecular flexibility index (Phi) is 7.54. The van der Waals surface area contributed by atoms with E-state index in [0.717, 1.165) is 0 Å². The van der Waals surface area contributed by atoms with Gasteiger partial charge < -0.3 is 19.3 Å². The van der Waals surface area contributed by atoms with E-state index in [1.165, 1.54) is 6.92 Å². The number of carbonyl (C=O) groups excluding carboxylic acids is 1. The first-order valence-corrected chi connectivity index (χ1v) is 6.60. The Labute approximate surface area is 123 Å². The molecular weight excluding hydrogens is 284 g/mol. The van der Waals surface area contributed by atoms with Gasteiger partial charge in [-0.25, -0.2) is 0 Å². The zero-order valence-electron chi connectivity index (χ0n) is 11.6. The quantitative estimate of drug-likeness (QED) is 0.558. The molecule has 0 saturated heterocycles. The molecule has 1 unspecified atom stereocenters. The van der Waals surface area contributed by atoms with Crippen LogP contribution in [0.15, 0.2) is 18.2 Å². The van der Waals surface area contributed by atoms with E-state index >= 15 is 0 Å². The van der Waals surface area contributed by atoms with Gasteiger partial charge in [0.1, 0.15) is 18.5 Å². The summed E-state index contributed by atoms with van der Waals surface area (Å²) in [6.07, 6.45) is -0.754. The lowest BCUT2D eigenvalue weighted by atomic mass is 10.1. The van der Waals surface area contributed by atoms with Crippen LogP contribution >= 0.6 is 11.6 Å². The molecule has 20 heavy (non-hydrogen) atoms. The molecule has 0 aromatic heterocycles. The average Bonchev–Trinajstić information content (AvgIpc) is 2.42. The van der Waals surface area contributed by atoms with Crippen LogP contribution in [-0.4, -0.2) is 50.5 Å². The highest BCUT2D eigenvalue weighted by Gasteiger charge is 2.09. The van der Waals surface area contributed by atoms with Gasteiger partial charge in [0.25, 0.3) is 0 Å². The van der Waals surface area contributed by atoms with E-state index in [1.54, 1.807) is 25.3 Å². The van der Waals surface area contributed by atoms with Crippen molar-refractivity contribution in [3.8, 4) is 5.75 Å². The molecule has 0 bridgehead atoms. The Balaban J connectivity index is 2.39. The molecule has 1 rings (SSSR count). The largest absolute Gasteiger partial charge is 0.489 e. The highest BCUT2D eigenvalue weighted by atomic mass is 35.5. The number of ether oxygens (including phenoxy) is 3. The maximum Gasteiger partial charge on any atom is 0.159 e. The van der Waals surface area contributed by atoms with E-state index < -0.39 is 6.10 Å². The van der Waals surface area contributed by atoms with Crippen LogP contribution in [0.2, 0.25) is 5.02 Å². The molecule has 0 fully saturated rings. The number of aliphatic hydroxyl groups excluding tert-OH is 1. The number of carbonyl (C=O) groups is 1. The number of rotatable bonds is 9. The van der Waals surface area contributed by atoms with Crippen LogP contribution in [0, 0.1) is 0 Å². The summed E-state index contributed by atoms with van der Waals surface area (Å²) in [5.41, 5.74) is 0.519. The summed E-state index contributed by atoms with van der Waals surface area (Å²) in [5.74, 6) is 0.359. The molecule has 0 aliphatic heterocycles. The van der Waals surface area contributed by atoms with Gasteiger partial charge in [-0.05, 0) is 25.1 Å². The van der Waals surface area contributed by atoms with Crippen molar-refractivity contribution in [2.24, 2.45) is 0 Å². The summed E-state index contributed by atoms with van der Waals surface area (Å²) in [5, 5.41) is 9.99. The van der Waals surface area contributed by atoms with E-state index in [0.29, 0.717) is 29.5 Å². The molecule has 1 atom stereocenters. The van der Waals surface area contributed by atoms with Crippen molar-refractivity contribution in [3.63, 3.8) is 0 Å². The molecule has 0 heterocycles. The standard InChI is InChI=1S/C14H19ClO5/c1-10(16)11-3-4-14(13(15)7-11)20-9-12(17)8-19-6-5-18-2/h3-4,7,12,17H,5-6,8-9H2,1-2H3. The van der Waals surface area contributed by atoms with Gasteiger partial charge in [0.15, 0.2) is 5.78 Å². The number of halogens is 1. The van der Waals surface area contributed by atoms with E-state index in [-0.39, 0.29) is 19.0 Å². The second kappa shape index (κ2) is 8.92. The van der Waals surface area contributed by atoms with Gasteiger partial charge >= 0.3 is 0 Å². The maximum atomic E-state index is 11.2. The Morgan fingerprint density at radius 2 is 2.10 bits per heavy atom. The van der Waals surface area contributed by atoms with Gasteiger partial charge in [0, 0.05) is 12.7 Å². The molecular formula is C14H19ClO5. The predicted molar refractivity (Wildman–Crippen MR) is 75.7 cm³/mol. The van der Waals surface area contributed by atoms with E-state index in [2.05, 4.69) is 0 Å². The lowest BCUT2D eigenvalue weighted by Gasteiger charge is -2.13. The fourth-order valence-corrected chi connectivity index (χ4v) is 1.67. The number of hydrogen-bond donors (Lipinski definition) is 1. The molecule has 6 heteroatoms. The summed E-state index contributed by atoms with van der Waals surface area (Å²) in [4.78, 5) is 11.2. The second-order valence-electron chi connectivity index (χ2n) is 4.23. The molecule has 0 aliphatic carbocycles. The van der Waals surface area contributed by atoms with Crippen LogP contribution in [0.25, 0.3) is 0 Å². The van der Waals surface area contributed by atoms with Crippen molar-refractivity contribution in [2.75, 3.05) is 33.5 Å². The first-order chi connectivity index (χ1) is 9.54. The predicted octanol–water partition coefficient (Wildman–Crippen LogP) is 1.95. The van der Waals surface area contributed by atoms with Gasteiger partial charge in [0.2, 0.25) is 0 Å². The molecule has 1 aromatic carbocycles. The fraction of sp³-hybridized carbons (Fsp3) is 0.500. The lowest BCUT2D eigenvalue weighted by molar-refractivity contribution is -0.00418. The smallest absolute Gasteiger partial charge is 0.159 e. The molecule has 0 radical (unpaired) electrons. The summed E-state index contributed by atoms with van der Waals surface area (Å²) < 4.78 is 15.4. The van der Waals surface area contributed by atoms with Gasteiger partial charge in [-0.3, -0.25) is 4.79 Å². The highest BCUT2D eigenvalue weighted by Crippen LogP contribution is 2.25. The van der Waals surface area contributed by atoms with Crippen LogP contribution < -0.4 is 4.74 Å². The number of Topliss-reactive ketones (excluding diaryl/α,β-unsaturated/α-hetero) is 1. The topological polar surface area (TPSA) is 65.0 Å². The van der Waals surface area contributed by atoms with Crippen LogP contribution in [0.1, 0.15) is 17.3 Å². The minimum absolute atomic E-state index is 0.0616. The molecule has 112 valence electrons. The van der Waals surface area contributed by atoms with Crippen LogP contribution in [0.5, 0.6) is 5.75 Å². The summed E-state index contributed by atoms with van der Waals surface area (Å²) in [6.45, 7) is 2.58. The third-order valence-corrected chi connectivity index (χ3v) is 2.81. The molecule has 0 saturated carbocycles. The van der Waals surface area contributed by atoms with E-state index in [4.69, 9.17) is 25.8 Å². The minimum Gasteiger partial charge on any atom is -0.489 e. The van der Waals surface area contributed by atoms with Gasteiger partial charge in [0.05, 0.1) is 24.8 Å². The van der Waals surface area contributed by atoms with Crippen LogP contribution in [-0.2, 0) is 9.47 Å². The zero-order chi connectivity index (χ0) is 15.0. The van der Waals surface area contributed by atoms with Crippen molar-refractivity contribution in [3.05, 3.63) is 28.8 Å². The van der Waals surface area contributed by atoms with Crippen LogP contribution in [0.3, 0.4) is 0 Å². The zero-order valence-corrected chi connectivity index (χ0v) is 12.4. The van der Waals surface area contributed by atoms with Crippen molar-refractivity contribution >= 4 is 17.4 Å². The van der Waals surface area contributed by atoms with Gasteiger partial charge in [-0.1, -0.05) is 11.6 Å². The lowest BCUT2D eigenvalue weighted by Crippen LogP contribution is -2.24.